The zero-order valence-electron chi connectivity index (χ0n) is 16.4. The molecule has 0 aliphatic carbocycles. The quantitative estimate of drug-likeness (QED) is 0.564. The number of carbonyl (C=O) groups is 2. The van der Waals surface area contributed by atoms with Crippen LogP contribution in [0.3, 0.4) is 0 Å². The van der Waals surface area contributed by atoms with E-state index in [9.17, 15) is 9.59 Å². The van der Waals surface area contributed by atoms with E-state index < -0.39 is 0 Å². The van der Waals surface area contributed by atoms with Crippen LogP contribution in [0, 0.1) is 20.8 Å². The molecular formula is C22H22N2O3S. The summed E-state index contributed by atoms with van der Waals surface area (Å²) in [5.74, 6) is -0.507. The zero-order valence-corrected chi connectivity index (χ0v) is 17.2. The standard InChI is InChI=1S/C22H22N2O3S/c1-14-6-5-7-19(11-14)24(17(4)25)22-23-18(13-28-22)12-27-21(26)20-9-8-15(2)10-16(20)3/h5-11,13H,12H2,1-4H3. The molecule has 0 radical (unpaired) electrons. The molecule has 3 aromatic rings. The van der Waals surface area contributed by atoms with E-state index >= 15 is 0 Å². The van der Waals surface area contributed by atoms with Crippen LogP contribution in [0.25, 0.3) is 0 Å². The van der Waals surface area contributed by atoms with Crippen LogP contribution in [0.15, 0.2) is 47.8 Å². The van der Waals surface area contributed by atoms with Gasteiger partial charge >= 0.3 is 5.97 Å². The Kier molecular flexibility index (Phi) is 5.90. The molecule has 1 aromatic heterocycles. The van der Waals surface area contributed by atoms with Gasteiger partial charge in [0, 0.05) is 12.3 Å². The number of aromatic nitrogens is 1. The second-order valence-electron chi connectivity index (χ2n) is 6.71. The maximum Gasteiger partial charge on any atom is 0.338 e. The Balaban J connectivity index is 1.74. The number of benzene rings is 2. The third-order valence-corrected chi connectivity index (χ3v) is 5.13. The lowest BCUT2D eigenvalue weighted by Crippen LogP contribution is -2.22. The maximum atomic E-state index is 12.3. The molecule has 0 bridgehead atoms. The predicted molar refractivity (Wildman–Crippen MR) is 111 cm³/mol. The van der Waals surface area contributed by atoms with Gasteiger partial charge in [-0.05, 0) is 50.1 Å². The number of ether oxygens (including phenoxy) is 1. The van der Waals surface area contributed by atoms with Crippen molar-refractivity contribution in [1.82, 2.24) is 4.98 Å². The summed E-state index contributed by atoms with van der Waals surface area (Å²) in [6, 6.07) is 13.3. The van der Waals surface area contributed by atoms with Crippen LogP contribution in [0.5, 0.6) is 0 Å². The Hall–Kier alpha value is -2.99. The van der Waals surface area contributed by atoms with E-state index in [2.05, 4.69) is 4.98 Å². The fraction of sp³-hybridized carbons (Fsp3) is 0.227. The molecule has 5 nitrogen and oxygen atoms in total. The third kappa shape index (κ3) is 4.46. The number of aryl methyl sites for hydroxylation is 3. The number of thiazole rings is 1. The minimum Gasteiger partial charge on any atom is -0.456 e. The highest BCUT2D eigenvalue weighted by Crippen LogP contribution is 2.29. The maximum absolute atomic E-state index is 12.3. The van der Waals surface area contributed by atoms with E-state index in [1.165, 1.54) is 18.3 Å². The Bertz CT molecular complexity index is 1030. The first-order chi connectivity index (χ1) is 13.3. The Labute approximate surface area is 168 Å². The number of rotatable bonds is 5. The van der Waals surface area contributed by atoms with Crippen molar-refractivity contribution in [3.05, 3.63) is 75.8 Å². The molecule has 0 unspecified atom stereocenters. The fourth-order valence-electron chi connectivity index (χ4n) is 2.92. The summed E-state index contributed by atoms with van der Waals surface area (Å²) in [4.78, 5) is 30.6. The molecular weight excluding hydrogens is 372 g/mol. The molecule has 0 aliphatic rings. The summed E-state index contributed by atoms with van der Waals surface area (Å²) in [7, 11) is 0. The number of amides is 1. The van der Waals surface area contributed by atoms with Crippen molar-refractivity contribution in [3.63, 3.8) is 0 Å². The van der Waals surface area contributed by atoms with Crippen molar-refractivity contribution in [1.29, 1.82) is 0 Å². The summed E-state index contributed by atoms with van der Waals surface area (Å²) in [5.41, 5.74) is 4.96. The zero-order chi connectivity index (χ0) is 20.3. The van der Waals surface area contributed by atoms with Crippen LogP contribution >= 0.6 is 11.3 Å². The van der Waals surface area contributed by atoms with Gasteiger partial charge in [-0.3, -0.25) is 9.69 Å². The Morgan fingerprint density at radius 2 is 1.82 bits per heavy atom. The molecule has 144 valence electrons. The van der Waals surface area contributed by atoms with Crippen molar-refractivity contribution in [2.75, 3.05) is 4.90 Å². The van der Waals surface area contributed by atoms with Gasteiger partial charge in [0.2, 0.25) is 5.91 Å². The minimum absolute atomic E-state index is 0.0577. The highest BCUT2D eigenvalue weighted by atomic mass is 32.1. The highest BCUT2D eigenvalue weighted by Gasteiger charge is 2.19. The summed E-state index contributed by atoms with van der Waals surface area (Å²) in [6.07, 6.45) is 0. The van der Waals surface area contributed by atoms with Crippen LogP contribution in [-0.2, 0) is 16.1 Å². The number of esters is 1. The molecule has 1 amide bonds. The Morgan fingerprint density at radius 3 is 2.50 bits per heavy atom. The lowest BCUT2D eigenvalue weighted by Gasteiger charge is -2.18. The SMILES string of the molecule is CC(=O)N(c1cccc(C)c1)c1nc(COC(=O)c2ccc(C)cc2C)cs1. The topological polar surface area (TPSA) is 59.5 Å². The lowest BCUT2D eigenvalue weighted by atomic mass is 10.1. The van der Waals surface area contributed by atoms with Gasteiger partial charge in [0.15, 0.2) is 5.13 Å². The van der Waals surface area contributed by atoms with Crippen LogP contribution in [0.1, 0.15) is 39.7 Å². The predicted octanol–water partition coefficient (Wildman–Crippen LogP) is 5.11. The summed E-state index contributed by atoms with van der Waals surface area (Å²) >= 11 is 1.34. The van der Waals surface area contributed by atoms with E-state index in [0.717, 1.165) is 22.4 Å². The number of carbonyl (C=O) groups excluding carboxylic acids is 2. The van der Waals surface area contributed by atoms with E-state index in [-0.39, 0.29) is 18.5 Å². The van der Waals surface area contributed by atoms with Crippen molar-refractivity contribution >= 4 is 34.0 Å². The Morgan fingerprint density at radius 1 is 1.07 bits per heavy atom. The number of anilines is 2. The molecule has 0 aliphatic heterocycles. The van der Waals surface area contributed by atoms with Crippen molar-refractivity contribution in [2.45, 2.75) is 34.3 Å². The number of hydrogen-bond acceptors (Lipinski definition) is 5. The summed E-state index contributed by atoms with van der Waals surface area (Å²) in [6.45, 7) is 7.40. The molecule has 0 N–H and O–H groups in total. The van der Waals surface area contributed by atoms with Gasteiger partial charge in [-0.15, -0.1) is 11.3 Å². The van der Waals surface area contributed by atoms with Gasteiger partial charge in [-0.1, -0.05) is 29.8 Å². The van der Waals surface area contributed by atoms with Crippen LogP contribution in [-0.4, -0.2) is 16.9 Å². The number of nitrogens with zero attached hydrogens (tertiary/aromatic N) is 2. The second kappa shape index (κ2) is 8.35. The molecule has 1 heterocycles. The van der Waals surface area contributed by atoms with Crippen LogP contribution in [0.4, 0.5) is 10.8 Å². The summed E-state index contributed by atoms with van der Waals surface area (Å²) in [5, 5.41) is 2.35. The smallest absolute Gasteiger partial charge is 0.338 e. The molecule has 2 aromatic carbocycles. The van der Waals surface area contributed by atoms with E-state index in [1.807, 2.05) is 57.2 Å². The lowest BCUT2D eigenvalue weighted by molar-refractivity contribution is -0.115. The highest BCUT2D eigenvalue weighted by molar-refractivity contribution is 7.14. The van der Waals surface area contributed by atoms with Gasteiger partial charge in [-0.25, -0.2) is 9.78 Å². The van der Waals surface area contributed by atoms with Crippen molar-refractivity contribution in [2.24, 2.45) is 0 Å². The van der Waals surface area contributed by atoms with Gasteiger partial charge in [0.25, 0.3) is 0 Å². The van der Waals surface area contributed by atoms with Crippen molar-refractivity contribution in [3.8, 4) is 0 Å². The average Bonchev–Trinajstić information content (AvgIpc) is 3.08. The largest absolute Gasteiger partial charge is 0.456 e. The van der Waals surface area contributed by atoms with Crippen LogP contribution < -0.4 is 4.90 Å². The molecule has 28 heavy (non-hydrogen) atoms. The normalized spacial score (nSPS) is 10.6. The average molecular weight is 394 g/mol. The summed E-state index contributed by atoms with van der Waals surface area (Å²) < 4.78 is 5.41. The molecule has 0 fully saturated rings. The first-order valence-corrected chi connectivity index (χ1v) is 9.79. The van der Waals surface area contributed by atoms with E-state index in [1.54, 1.807) is 16.3 Å². The molecule has 0 atom stereocenters. The molecule has 0 spiro atoms. The first-order valence-electron chi connectivity index (χ1n) is 8.91. The van der Waals surface area contributed by atoms with Gasteiger partial charge in [0.05, 0.1) is 16.9 Å². The minimum atomic E-state index is -0.380. The van der Waals surface area contributed by atoms with E-state index in [4.69, 9.17) is 4.74 Å². The number of hydrogen-bond donors (Lipinski definition) is 0. The monoisotopic (exact) mass is 394 g/mol. The molecule has 0 saturated carbocycles. The van der Waals surface area contributed by atoms with E-state index in [0.29, 0.717) is 16.4 Å². The van der Waals surface area contributed by atoms with Gasteiger partial charge in [-0.2, -0.15) is 0 Å². The molecule has 3 rings (SSSR count). The molecule has 6 heteroatoms. The molecule has 0 saturated heterocycles. The van der Waals surface area contributed by atoms with Gasteiger partial charge in [0.1, 0.15) is 6.61 Å². The van der Waals surface area contributed by atoms with Crippen LogP contribution in [0.2, 0.25) is 0 Å². The second-order valence-corrected chi connectivity index (χ2v) is 7.55. The van der Waals surface area contributed by atoms with Crippen molar-refractivity contribution < 1.29 is 14.3 Å². The first kappa shape index (κ1) is 19.8. The third-order valence-electron chi connectivity index (χ3n) is 4.26. The van der Waals surface area contributed by atoms with Gasteiger partial charge < -0.3 is 4.74 Å². The fourth-order valence-corrected chi connectivity index (χ4v) is 3.79.